The maximum Gasteiger partial charge on any atom is 0.236 e. The van der Waals surface area contributed by atoms with Gasteiger partial charge in [0.2, 0.25) is 11.0 Å². The standard InChI is InChI=1S/C20H19Cl2N3OS2/c1-13(15-5-3-2-4-6-15)9-19-24-25-20(28-19)23-18(26)12-27-11-14-7-8-16(21)17(22)10-14/h2-8,10,13H,9,11-12H2,1H3,(H,23,25,26). The number of carbonyl (C=O) groups excluding carboxylic acids is 1. The van der Waals surface area contributed by atoms with Crippen LogP contribution in [0.25, 0.3) is 0 Å². The van der Waals surface area contributed by atoms with Gasteiger partial charge in [0, 0.05) is 12.2 Å². The van der Waals surface area contributed by atoms with Crippen LogP contribution < -0.4 is 5.32 Å². The van der Waals surface area contributed by atoms with Crippen molar-refractivity contribution >= 4 is 57.3 Å². The number of rotatable bonds is 8. The summed E-state index contributed by atoms with van der Waals surface area (Å²) in [4.78, 5) is 12.1. The smallest absolute Gasteiger partial charge is 0.236 e. The van der Waals surface area contributed by atoms with Crippen LogP contribution in [-0.2, 0) is 17.0 Å². The minimum absolute atomic E-state index is 0.0936. The van der Waals surface area contributed by atoms with E-state index in [4.69, 9.17) is 23.2 Å². The molecule has 0 radical (unpaired) electrons. The van der Waals surface area contributed by atoms with E-state index in [-0.39, 0.29) is 5.91 Å². The molecule has 146 valence electrons. The third-order valence-electron chi connectivity index (χ3n) is 4.05. The monoisotopic (exact) mass is 451 g/mol. The quantitative estimate of drug-likeness (QED) is 0.451. The number of carbonyl (C=O) groups is 1. The third-order valence-corrected chi connectivity index (χ3v) is 6.65. The molecule has 1 atom stereocenters. The first-order chi connectivity index (χ1) is 13.5. The van der Waals surface area contributed by atoms with Crippen LogP contribution in [-0.4, -0.2) is 21.9 Å². The fourth-order valence-corrected chi connectivity index (χ4v) is 4.57. The lowest BCUT2D eigenvalue weighted by Crippen LogP contribution is -2.14. The number of hydrogen-bond donors (Lipinski definition) is 1. The average Bonchev–Trinajstić information content (AvgIpc) is 3.12. The summed E-state index contributed by atoms with van der Waals surface area (Å²) >= 11 is 14.8. The highest BCUT2D eigenvalue weighted by atomic mass is 35.5. The molecular formula is C20H19Cl2N3OS2. The minimum Gasteiger partial charge on any atom is -0.300 e. The molecule has 0 fully saturated rings. The first-order valence-corrected chi connectivity index (χ1v) is 11.4. The molecule has 1 aromatic heterocycles. The normalized spacial score (nSPS) is 12.0. The first kappa shape index (κ1) is 21.1. The van der Waals surface area contributed by atoms with Crippen LogP contribution >= 0.6 is 46.3 Å². The topological polar surface area (TPSA) is 54.9 Å². The number of nitrogens with one attached hydrogen (secondary N) is 1. The van der Waals surface area contributed by atoms with Crippen LogP contribution in [0.2, 0.25) is 10.0 Å². The zero-order valence-electron chi connectivity index (χ0n) is 15.2. The Hall–Kier alpha value is -1.60. The van der Waals surface area contributed by atoms with E-state index in [1.54, 1.807) is 6.07 Å². The number of aromatic nitrogens is 2. The van der Waals surface area contributed by atoms with E-state index in [2.05, 4.69) is 34.6 Å². The number of halogens is 2. The van der Waals surface area contributed by atoms with Crippen molar-refractivity contribution in [2.45, 2.75) is 25.0 Å². The second-order valence-corrected chi connectivity index (χ2v) is 9.17. The molecule has 28 heavy (non-hydrogen) atoms. The fraction of sp³-hybridized carbons (Fsp3) is 0.250. The molecule has 0 spiro atoms. The maximum atomic E-state index is 12.1. The Morgan fingerprint density at radius 2 is 1.93 bits per heavy atom. The van der Waals surface area contributed by atoms with E-state index < -0.39 is 0 Å². The third kappa shape index (κ3) is 6.21. The SMILES string of the molecule is CC(Cc1nnc(NC(=O)CSCc2ccc(Cl)c(Cl)c2)s1)c1ccccc1. The Labute approximate surface area is 182 Å². The van der Waals surface area contributed by atoms with Crippen molar-refractivity contribution in [2.75, 3.05) is 11.1 Å². The summed E-state index contributed by atoms with van der Waals surface area (Å²) in [6.07, 6.45) is 0.795. The Kier molecular flexibility index (Phi) is 7.73. The summed E-state index contributed by atoms with van der Waals surface area (Å²) in [5.74, 6) is 1.26. The van der Waals surface area contributed by atoms with E-state index in [0.29, 0.717) is 32.6 Å². The van der Waals surface area contributed by atoms with Crippen LogP contribution in [0.15, 0.2) is 48.5 Å². The van der Waals surface area contributed by atoms with Gasteiger partial charge in [-0.15, -0.1) is 22.0 Å². The molecule has 0 saturated carbocycles. The predicted octanol–water partition coefficient (Wildman–Crippen LogP) is 6.06. The van der Waals surface area contributed by atoms with Gasteiger partial charge >= 0.3 is 0 Å². The zero-order valence-corrected chi connectivity index (χ0v) is 18.3. The maximum absolute atomic E-state index is 12.1. The fourth-order valence-electron chi connectivity index (χ4n) is 2.59. The summed E-state index contributed by atoms with van der Waals surface area (Å²) in [7, 11) is 0. The number of benzene rings is 2. The molecule has 0 saturated heterocycles. The second-order valence-electron chi connectivity index (χ2n) is 6.31. The van der Waals surface area contributed by atoms with Gasteiger partial charge in [-0.2, -0.15) is 0 Å². The molecule has 0 aliphatic heterocycles. The summed E-state index contributed by atoms with van der Waals surface area (Å²) in [5.41, 5.74) is 2.29. The van der Waals surface area contributed by atoms with Crippen LogP contribution in [0.3, 0.4) is 0 Å². The number of thioether (sulfide) groups is 1. The lowest BCUT2D eigenvalue weighted by molar-refractivity contribution is -0.113. The Morgan fingerprint density at radius 3 is 2.68 bits per heavy atom. The highest BCUT2D eigenvalue weighted by molar-refractivity contribution is 7.99. The second kappa shape index (κ2) is 10.3. The minimum atomic E-state index is -0.0936. The van der Waals surface area contributed by atoms with E-state index in [1.807, 2.05) is 30.3 Å². The van der Waals surface area contributed by atoms with Crippen molar-refractivity contribution in [2.24, 2.45) is 0 Å². The van der Waals surface area contributed by atoms with Gasteiger partial charge in [-0.3, -0.25) is 10.1 Å². The highest BCUT2D eigenvalue weighted by Crippen LogP contribution is 2.26. The molecule has 0 bridgehead atoms. The first-order valence-electron chi connectivity index (χ1n) is 8.70. The molecule has 8 heteroatoms. The van der Waals surface area contributed by atoms with Crippen molar-refractivity contribution in [3.05, 3.63) is 74.7 Å². The van der Waals surface area contributed by atoms with E-state index in [1.165, 1.54) is 28.7 Å². The Balaban J connectivity index is 1.45. The molecule has 2 aromatic carbocycles. The van der Waals surface area contributed by atoms with E-state index in [9.17, 15) is 4.79 Å². The zero-order chi connectivity index (χ0) is 19.9. The summed E-state index contributed by atoms with van der Waals surface area (Å²) in [6.45, 7) is 2.16. The molecule has 0 aliphatic rings. The lowest BCUT2D eigenvalue weighted by Gasteiger charge is -2.08. The van der Waals surface area contributed by atoms with Gasteiger partial charge < -0.3 is 0 Å². The van der Waals surface area contributed by atoms with Crippen molar-refractivity contribution in [3.8, 4) is 0 Å². The molecule has 1 unspecified atom stereocenters. The van der Waals surface area contributed by atoms with Crippen LogP contribution in [0.5, 0.6) is 0 Å². The summed E-state index contributed by atoms with van der Waals surface area (Å²) in [5, 5.41) is 13.6. The van der Waals surface area contributed by atoms with Gasteiger partial charge in [-0.25, -0.2) is 0 Å². The number of anilines is 1. The number of hydrogen-bond acceptors (Lipinski definition) is 5. The van der Waals surface area contributed by atoms with Crippen molar-refractivity contribution in [3.63, 3.8) is 0 Å². The van der Waals surface area contributed by atoms with E-state index >= 15 is 0 Å². The van der Waals surface area contributed by atoms with Crippen LogP contribution in [0, 0.1) is 0 Å². The average molecular weight is 452 g/mol. The molecule has 0 aliphatic carbocycles. The van der Waals surface area contributed by atoms with Crippen molar-refractivity contribution in [1.29, 1.82) is 0 Å². The lowest BCUT2D eigenvalue weighted by atomic mass is 9.98. The van der Waals surface area contributed by atoms with Gasteiger partial charge in [0.25, 0.3) is 0 Å². The van der Waals surface area contributed by atoms with Gasteiger partial charge in [-0.1, -0.05) is 77.9 Å². The molecule has 1 heterocycles. The van der Waals surface area contributed by atoms with Gasteiger partial charge in [0.05, 0.1) is 15.8 Å². The Morgan fingerprint density at radius 1 is 1.14 bits per heavy atom. The Bertz CT molecular complexity index is 934. The molecule has 3 aromatic rings. The van der Waals surface area contributed by atoms with Crippen LogP contribution in [0.4, 0.5) is 5.13 Å². The molecule has 4 nitrogen and oxygen atoms in total. The van der Waals surface area contributed by atoms with Gasteiger partial charge in [-0.05, 0) is 29.2 Å². The molecule has 1 N–H and O–H groups in total. The van der Waals surface area contributed by atoms with Crippen molar-refractivity contribution < 1.29 is 4.79 Å². The van der Waals surface area contributed by atoms with Gasteiger partial charge in [0.15, 0.2) is 0 Å². The summed E-state index contributed by atoms with van der Waals surface area (Å²) in [6, 6.07) is 15.8. The largest absolute Gasteiger partial charge is 0.300 e. The van der Waals surface area contributed by atoms with Crippen molar-refractivity contribution in [1.82, 2.24) is 10.2 Å². The number of nitrogens with zero attached hydrogens (tertiary/aromatic N) is 2. The molecule has 1 amide bonds. The number of amides is 1. The molecular weight excluding hydrogens is 433 g/mol. The highest BCUT2D eigenvalue weighted by Gasteiger charge is 2.12. The molecule has 3 rings (SSSR count). The predicted molar refractivity (Wildman–Crippen MR) is 120 cm³/mol. The van der Waals surface area contributed by atoms with Gasteiger partial charge in [0.1, 0.15) is 5.01 Å². The van der Waals surface area contributed by atoms with E-state index in [0.717, 1.165) is 17.0 Å². The summed E-state index contributed by atoms with van der Waals surface area (Å²) < 4.78 is 0. The van der Waals surface area contributed by atoms with Crippen LogP contribution in [0.1, 0.15) is 29.0 Å².